The van der Waals surface area contributed by atoms with Crippen LogP contribution in [0.2, 0.25) is 0 Å². The Morgan fingerprint density at radius 2 is 1.82 bits per heavy atom. The Balaban J connectivity index is 2.26. The molecule has 0 radical (unpaired) electrons. The topological polar surface area (TPSA) is 66.4 Å². The Labute approximate surface area is 135 Å². The summed E-state index contributed by atoms with van der Waals surface area (Å²) in [6, 6.07) is 7.32. The maximum absolute atomic E-state index is 12.6. The fourth-order valence-electron chi connectivity index (χ4n) is 2.57. The zero-order valence-electron chi connectivity index (χ0n) is 13.2. The molecule has 2 N–H and O–H groups in total. The molecule has 2 aromatic rings. The van der Waals surface area contributed by atoms with Crippen molar-refractivity contribution in [3.8, 4) is 0 Å². The van der Waals surface area contributed by atoms with Gasteiger partial charge in [-0.2, -0.15) is 0 Å². The van der Waals surface area contributed by atoms with Crippen molar-refractivity contribution in [2.24, 2.45) is 0 Å². The van der Waals surface area contributed by atoms with Crippen molar-refractivity contribution in [3.63, 3.8) is 0 Å². The summed E-state index contributed by atoms with van der Waals surface area (Å²) in [7, 11) is -3.67. The molecule has 1 atom stereocenters. The molecule has 1 unspecified atom stereocenters. The van der Waals surface area contributed by atoms with E-state index in [-0.39, 0.29) is 6.54 Å². The van der Waals surface area contributed by atoms with E-state index in [4.69, 9.17) is 0 Å². The van der Waals surface area contributed by atoms with Gasteiger partial charge >= 0.3 is 0 Å². The van der Waals surface area contributed by atoms with Crippen LogP contribution in [0.25, 0.3) is 0 Å². The first kappa shape index (κ1) is 17.1. The minimum atomic E-state index is -3.67. The minimum Gasteiger partial charge on any atom is -0.383 e. The average molecular weight is 339 g/mol. The number of rotatable bonds is 5. The highest BCUT2D eigenvalue weighted by Gasteiger charge is 2.28. The Bertz CT molecular complexity index is 740. The summed E-state index contributed by atoms with van der Waals surface area (Å²) in [4.78, 5) is 1.02. The number of nitrogens with one attached hydrogen (secondary N) is 1. The van der Waals surface area contributed by atoms with E-state index in [1.54, 1.807) is 26.8 Å². The summed E-state index contributed by atoms with van der Waals surface area (Å²) >= 11 is 1.40. The second kappa shape index (κ2) is 6.12. The molecule has 0 fully saturated rings. The molecule has 4 nitrogen and oxygen atoms in total. The third-order valence-corrected chi connectivity index (χ3v) is 6.36. The van der Waals surface area contributed by atoms with Crippen LogP contribution in [-0.4, -0.2) is 20.1 Å². The van der Waals surface area contributed by atoms with Crippen LogP contribution >= 0.6 is 11.3 Å². The summed E-state index contributed by atoms with van der Waals surface area (Å²) in [5, 5.41) is 12.3. The lowest BCUT2D eigenvalue weighted by molar-refractivity contribution is 0.0666. The highest BCUT2D eigenvalue weighted by molar-refractivity contribution is 7.89. The molecule has 0 saturated heterocycles. The van der Waals surface area contributed by atoms with Crippen LogP contribution in [0.5, 0.6) is 0 Å². The zero-order valence-corrected chi connectivity index (χ0v) is 14.8. The van der Waals surface area contributed by atoms with Crippen molar-refractivity contribution in [1.29, 1.82) is 0 Å². The van der Waals surface area contributed by atoms with E-state index >= 15 is 0 Å². The van der Waals surface area contributed by atoms with Gasteiger partial charge in [0, 0.05) is 11.4 Å². The third-order valence-electron chi connectivity index (χ3n) is 3.53. The van der Waals surface area contributed by atoms with Crippen molar-refractivity contribution in [2.45, 2.75) is 38.2 Å². The lowest BCUT2D eigenvalue weighted by Crippen LogP contribution is -2.38. The summed E-state index contributed by atoms with van der Waals surface area (Å²) in [6.45, 7) is 7.04. The molecule has 22 heavy (non-hydrogen) atoms. The zero-order chi connectivity index (χ0) is 16.5. The Morgan fingerprint density at radius 3 is 2.32 bits per heavy atom. The average Bonchev–Trinajstić information content (AvgIpc) is 2.89. The predicted molar refractivity (Wildman–Crippen MR) is 89.7 cm³/mol. The van der Waals surface area contributed by atoms with E-state index < -0.39 is 15.6 Å². The fourth-order valence-corrected chi connectivity index (χ4v) is 4.94. The SMILES string of the molecule is Cc1cc(C)c(S(=O)(=O)NCC(C)(O)c2cccs2)c(C)c1. The van der Waals surface area contributed by atoms with Gasteiger partial charge in [0.15, 0.2) is 0 Å². The molecule has 0 spiro atoms. The summed E-state index contributed by atoms with van der Waals surface area (Å²) in [5.41, 5.74) is 1.22. The second-order valence-electron chi connectivity index (χ2n) is 5.80. The smallest absolute Gasteiger partial charge is 0.241 e. The molecule has 0 aliphatic carbocycles. The standard InChI is InChI=1S/C16H21NO3S2/c1-11-8-12(2)15(13(3)9-11)22(19,20)17-10-16(4,18)14-6-5-7-21-14/h5-9,17-18H,10H2,1-4H3. The third kappa shape index (κ3) is 3.57. The number of hydrogen-bond donors (Lipinski definition) is 2. The number of aryl methyl sites for hydroxylation is 3. The van der Waals surface area contributed by atoms with E-state index in [0.29, 0.717) is 16.0 Å². The number of sulfonamides is 1. The van der Waals surface area contributed by atoms with Crippen LogP contribution in [-0.2, 0) is 15.6 Å². The van der Waals surface area contributed by atoms with Crippen molar-refractivity contribution >= 4 is 21.4 Å². The second-order valence-corrected chi connectivity index (χ2v) is 8.46. The maximum atomic E-state index is 12.6. The lowest BCUT2D eigenvalue weighted by Gasteiger charge is -2.23. The van der Waals surface area contributed by atoms with Gasteiger partial charge in [-0.25, -0.2) is 13.1 Å². The van der Waals surface area contributed by atoms with Gasteiger partial charge in [0.25, 0.3) is 0 Å². The Kier molecular flexibility index (Phi) is 4.77. The first-order valence-electron chi connectivity index (χ1n) is 6.97. The Hall–Kier alpha value is -1.21. The summed E-state index contributed by atoms with van der Waals surface area (Å²) in [5.74, 6) is 0. The van der Waals surface area contributed by atoms with Crippen LogP contribution in [0, 0.1) is 20.8 Å². The summed E-state index contributed by atoms with van der Waals surface area (Å²) in [6.07, 6.45) is 0. The Morgan fingerprint density at radius 1 is 1.23 bits per heavy atom. The molecule has 1 aromatic heterocycles. The van der Waals surface area contributed by atoms with Gasteiger partial charge in [0.1, 0.15) is 5.60 Å². The lowest BCUT2D eigenvalue weighted by atomic mass is 10.1. The summed E-state index contributed by atoms with van der Waals surface area (Å²) < 4.78 is 27.7. The number of thiophene rings is 1. The van der Waals surface area contributed by atoms with Crippen molar-refractivity contribution in [3.05, 3.63) is 51.2 Å². The van der Waals surface area contributed by atoms with Gasteiger partial charge in [0.05, 0.1) is 4.90 Å². The molecule has 0 saturated carbocycles. The van der Waals surface area contributed by atoms with Crippen LogP contribution in [0.3, 0.4) is 0 Å². The normalized spacial score (nSPS) is 14.8. The predicted octanol–water partition coefficient (Wildman–Crippen LogP) is 2.86. The van der Waals surface area contributed by atoms with E-state index in [1.165, 1.54) is 11.3 Å². The van der Waals surface area contributed by atoms with Gasteiger partial charge < -0.3 is 5.11 Å². The quantitative estimate of drug-likeness (QED) is 0.880. The minimum absolute atomic E-state index is 0.0669. The maximum Gasteiger partial charge on any atom is 0.241 e. The molecule has 0 bridgehead atoms. The molecule has 6 heteroatoms. The largest absolute Gasteiger partial charge is 0.383 e. The first-order valence-corrected chi connectivity index (χ1v) is 9.33. The highest BCUT2D eigenvalue weighted by Crippen LogP contribution is 2.26. The molecule has 0 amide bonds. The van der Waals surface area contributed by atoms with Crippen molar-refractivity contribution in [2.75, 3.05) is 6.54 Å². The molecular weight excluding hydrogens is 318 g/mol. The molecule has 0 aliphatic rings. The van der Waals surface area contributed by atoms with Crippen molar-refractivity contribution < 1.29 is 13.5 Å². The highest BCUT2D eigenvalue weighted by atomic mass is 32.2. The van der Waals surface area contributed by atoms with Crippen LogP contribution < -0.4 is 4.72 Å². The van der Waals surface area contributed by atoms with E-state index in [2.05, 4.69) is 4.72 Å². The first-order chi connectivity index (χ1) is 10.1. The van der Waals surface area contributed by atoms with Crippen LogP contribution in [0.1, 0.15) is 28.5 Å². The number of benzene rings is 1. The number of aliphatic hydroxyl groups is 1. The van der Waals surface area contributed by atoms with Gasteiger partial charge in [0.2, 0.25) is 10.0 Å². The van der Waals surface area contributed by atoms with Gasteiger partial charge in [-0.1, -0.05) is 23.8 Å². The van der Waals surface area contributed by atoms with Crippen LogP contribution in [0.4, 0.5) is 0 Å². The fraction of sp³-hybridized carbons (Fsp3) is 0.375. The number of hydrogen-bond acceptors (Lipinski definition) is 4. The molecule has 1 aromatic carbocycles. The van der Waals surface area contributed by atoms with Gasteiger partial charge in [-0.15, -0.1) is 11.3 Å². The molecule has 1 heterocycles. The van der Waals surface area contributed by atoms with Gasteiger partial charge in [-0.05, 0) is 50.3 Å². The van der Waals surface area contributed by atoms with E-state index in [9.17, 15) is 13.5 Å². The van der Waals surface area contributed by atoms with E-state index in [1.807, 2.05) is 30.5 Å². The molecule has 2 rings (SSSR count). The van der Waals surface area contributed by atoms with Crippen molar-refractivity contribution in [1.82, 2.24) is 4.72 Å². The van der Waals surface area contributed by atoms with Gasteiger partial charge in [-0.3, -0.25) is 0 Å². The van der Waals surface area contributed by atoms with Crippen LogP contribution in [0.15, 0.2) is 34.5 Å². The molecule has 0 aliphatic heterocycles. The molecular formula is C16H21NO3S2. The molecule has 120 valence electrons. The van der Waals surface area contributed by atoms with E-state index in [0.717, 1.165) is 10.4 Å². The monoisotopic (exact) mass is 339 g/mol.